The highest BCUT2D eigenvalue weighted by atomic mass is 16.5. The van der Waals surface area contributed by atoms with Crippen LogP contribution < -0.4 is 0 Å². The predicted octanol–water partition coefficient (Wildman–Crippen LogP) is 5.03. The van der Waals surface area contributed by atoms with E-state index < -0.39 is 17.8 Å². The van der Waals surface area contributed by atoms with Crippen molar-refractivity contribution in [2.24, 2.45) is 45.3 Å². The Morgan fingerprint density at radius 1 is 1.05 bits per heavy atom. The summed E-state index contributed by atoms with van der Waals surface area (Å²) in [5.74, 6) is 0.988. The van der Waals surface area contributed by atoms with Crippen LogP contribution in [0.5, 0.6) is 0 Å². The van der Waals surface area contributed by atoms with Gasteiger partial charge in [0.15, 0.2) is 0 Å². The number of ether oxygens (including phenoxy) is 2. The first-order chi connectivity index (χ1) is 17.5. The van der Waals surface area contributed by atoms with Crippen molar-refractivity contribution in [1.82, 2.24) is 0 Å². The van der Waals surface area contributed by atoms with E-state index in [-0.39, 0.29) is 51.7 Å². The summed E-state index contributed by atoms with van der Waals surface area (Å²) < 4.78 is 12.3. The van der Waals surface area contributed by atoms with Gasteiger partial charge >= 0.3 is 5.97 Å². The number of fused-ring (bicyclic) bond motifs is 5. The first kappa shape index (κ1) is 28.6. The Morgan fingerprint density at radius 3 is 2.34 bits per heavy atom. The minimum atomic E-state index is -1.08. The number of rotatable bonds is 3. The molecule has 3 N–H and O–H groups in total. The van der Waals surface area contributed by atoms with Crippen molar-refractivity contribution in [3.05, 3.63) is 11.6 Å². The Labute approximate surface area is 229 Å². The molecule has 0 radical (unpaired) electrons. The molecule has 0 aromatic rings. The first-order valence-corrected chi connectivity index (χ1v) is 15.1. The Hall–Kier alpha value is -0.950. The molecule has 0 aromatic carbocycles. The summed E-state index contributed by atoms with van der Waals surface area (Å²) in [6.07, 6.45) is 6.97. The van der Waals surface area contributed by atoms with Gasteiger partial charge in [-0.1, -0.05) is 46.3 Å². The normalized spacial score (nSPS) is 50.3. The van der Waals surface area contributed by atoms with Crippen molar-refractivity contribution in [3.63, 3.8) is 0 Å². The van der Waals surface area contributed by atoms with Gasteiger partial charge in [0.25, 0.3) is 0 Å². The van der Waals surface area contributed by atoms with Gasteiger partial charge in [-0.15, -0.1) is 0 Å². The summed E-state index contributed by atoms with van der Waals surface area (Å²) >= 11 is 0. The molecule has 11 atom stereocenters. The fourth-order valence-electron chi connectivity index (χ4n) is 10.8. The van der Waals surface area contributed by atoms with E-state index in [0.717, 1.165) is 38.5 Å². The van der Waals surface area contributed by atoms with E-state index in [4.69, 9.17) is 9.47 Å². The fourth-order valence-corrected chi connectivity index (χ4v) is 10.8. The number of allylic oxidation sites excluding steroid dienone is 1. The summed E-state index contributed by atoms with van der Waals surface area (Å²) in [5.41, 5.74) is -0.108. The largest absolute Gasteiger partial charge is 0.462 e. The van der Waals surface area contributed by atoms with Crippen LogP contribution in [0.25, 0.3) is 0 Å². The number of carbonyl (C=O) groups is 1. The second-order valence-corrected chi connectivity index (χ2v) is 15.5. The van der Waals surface area contributed by atoms with E-state index in [9.17, 15) is 20.1 Å². The quantitative estimate of drug-likeness (QED) is 0.349. The Balaban J connectivity index is 1.49. The number of hydrogen-bond donors (Lipinski definition) is 3. The van der Waals surface area contributed by atoms with Crippen LogP contribution in [-0.4, -0.2) is 57.9 Å². The molecule has 5 aliphatic rings. The lowest BCUT2D eigenvalue weighted by Gasteiger charge is -2.68. The molecule has 4 fully saturated rings. The second kappa shape index (κ2) is 9.03. The van der Waals surface area contributed by atoms with Crippen LogP contribution in [0.1, 0.15) is 100 Å². The summed E-state index contributed by atoms with van der Waals surface area (Å²) in [4.78, 5) is 12.5. The average molecular weight is 533 g/mol. The number of carbonyl (C=O) groups excluding carboxylic acids is 1. The van der Waals surface area contributed by atoms with E-state index in [2.05, 4.69) is 40.7 Å². The summed E-state index contributed by atoms with van der Waals surface area (Å²) in [6.45, 7) is 17.1. The number of esters is 1. The Bertz CT molecular complexity index is 981. The molecule has 216 valence electrons. The van der Waals surface area contributed by atoms with E-state index in [1.54, 1.807) is 13.8 Å². The Kier molecular flexibility index (Phi) is 6.79. The maximum absolute atomic E-state index is 12.5. The van der Waals surface area contributed by atoms with Gasteiger partial charge in [-0.2, -0.15) is 0 Å². The van der Waals surface area contributed by atoms with E-state index >= 15 is 0 Å². The van der Waals surface area contributed by atoms with Gasteiger partial charge in [0, 0.05) is 12.3 Å². The minimum absolute atomic E-state index is 0.0497. The maximum Gasteiger partial charge on any atom is 0.302 e. The van der Waals surface area contributed by atoms with E-state index in [0.29, 0.717) is 24.9 Å². The van der Waals surface area contributed by atoms with Crippen molar-refractivity contribution in [3.8, 4) is 0 Å². The van der Waals surface area contributed by atoms with Crippen LogP contribution >= 0.6 is 0 Å². The van der Waals surface area contributed by atoms with Crippen LogP contribution in [-0.2, 0) is 14.3 Å². The minimum Gasteiger partial charge on any atom is -0.462 e. The SMILES string of the molecule is CC(=O)O[C@@H]1CC2C(C)(C)[C@H](O)CC[C@]2(C)C2CC[C@]3(C)C(=CC[C@H]3C3COC(C(C)(C)O)[C@H](O)C3)[C@@]21C. The van der Waals surface area contributed by atoms with Crippen molar-refractivity contribution in [2.45, 2.75) is 130 Å². The molecule has 6 nitrogen and oxygen atoms in total. The molecular formula is C32H52O6. The van der Waals surface area contributed by atoms with Gasteiger partial charge in [0.1, 0.15) is 12.2 Å². The van der Waals surface area contributed by atoms with Crippen molar-refractivity contribution in [1.29, 1.82) is 0 Å². The zero-order chi connectivity index (χ0) is 28.1. The molecule has 0 bridgehead atoms. The first-order valence-electron chi connectivity index (χ1n) is 15.1. The molecule has 6 heteroatoms. The summed E-state index contributed by atoms with van der Waals surface area (Å²) in [5, 5.41) is 32.4. The molecule has 4 unspecified atom stereocenters. The van der Waals surface area contributed by atoms with Gasteiger partial charge in [-0.05, 0) is 98.7 Å². The molecule has 1 saturated heterocycles. The lowest BCUT2D eigenvalue weighted by molar-refractivity contribution is -0.224. The monoisotopic (exact) mass is 532 g/mol. The standard InChI is InChI=1S/C32H52O6/c1-18(33)38-26-16-24-28(2,3)25(35)12-14-31(24,7)23-11-13-30(6)20(9-10-22(30)32(23,26)8)19-15-21(34)27(37-17-19)29(4,5)36/h10,19-21,23-27,34-36H,9,11-17H2,1-8H3/t19?,20-,21+,23?,24?,25+,26+,27?,30-,31+,32-/m0/s1. The number of hydrogen-bond acceptors (Lipinski definition) is 6. The topological polar surface area (TPSA) is 96.2 Å². The summed E-state index contributed by atoms with van der Waals surface area (Å²) in [6, 6.07) is 0. The van der Waals surface area contributed by atoms with Gasteiger partial charge < -0.3 is 24.8 Å². The average Bonchev–Trinajstić information content (AvgIpc) is 3.15. The molecule has 3 saturated carbocycles. The van der Waals surface area contributed by atoms with Crippen LogP contribution in [0.15, 0.2) is 11.6 Å². The zero-order valence-electron chi connectivity index (χ0n) is 24.9. The molecule has 1 heterocycles. The lowest BCUT2D eigenvalue weighted by Crippen LogP contribution is -2.66. The zero-order valence-corrected chi connectivity index (χ0v) is 24.9. The third-order valence-corrected chi connectivity index (χ3v) is 12.6. The molecule has 38 heavy (non-hydrogen) atoms. The van der Waals surface area contributed by atoms with Crippen molar-refractivity contribution < 1.29 is 29.6 Å². The van der Waals surface area contributed by atoms with Crippen LogP contribution in [0.2, 0.25) is 0 Å². The van der Waals surface area contributed by atoms with Crippen LogP contribution in [0.3, 0.4) is 0 Å². The van der Waals surface area contributed by atoms with Gasteiger partial charge in [-0.25, -0.2) is 0 Å². The number of aliphatic hydroxyl groups excluding tert-OH is 2. The molecule has 1 aliphatic heterocycles. The fraction of sp³-hybridized carbons (Fsp3) is 0.906. The van der Waals surface area contributed by atoms with Gasteiger partial charge in [-0.3, -0.25) is 4.79 Å². The summed E-state index contributed by atoms with van der Waals surface area (Å²) in [7, 11) is 0. The van der Waals surface area contributed by atoms with E-state index in [1.807, 2.05) is 0 Å². The smallest absolute Gasteiger partial charge is 0.302 e. The highest BCUT2D eigenvalue weighted by molar-refractivity contribution is 5.66. The lowest BCUT2D eigenvalue weighted by atomic mass is 9.37. The maximum atomic E-state index is 12.5. The second-order valence-electron chi connectivity index (χ2n) is 15.5. The van der Waals surface area contributed by atoms with Crippen molar-refractivity contribution >= 4 is 5.97 Å². The molecule has 4 aliphatic carbocycles. The third-order valence-electron chi connectivity index (χ3n) is 12.6. The molecule has 0 spiro atoms. The highest BCUT2D eigenvalue weighted by Gasteiger charge is 2.69. The number of aliphatic hydroxyl groups is 3. The van der Waals surface area contributed by atoms with Crippen molar-refractivity contribution in [2.75, 3.05) is 6.61 Å². The van der Waals surface area contributed by atoms with Crippen LogP contribution in [0, 0.1) is 45.3 Å². The highest BCUT2D eigenvalue weighted by Crippen LogP contribution is 2.73. The van der Waals surface area contributed by atoms with Gasteiger partial charge in [0.2, 0.25) is 0 Å². The molecule has 5 rings (SSSR count). The van der Waals surface area contributed by atoms with E-state index in [1.165, 1.54) is 12.5 Å². The molecular weight excluding hydrogens is 480 g/mol. The Morgan fingerprint density at radius 2 is 1.74 bits per heavy atom. The molecule has 0 aromatic heterocycles. The predicted molar refractivity (Wildman–Crippen MR) is 146 cm³/mol. The molecule has 0 amide bonds. The third kappa shape index (κ3) is 3.98. The van der Waals surface area contributed by atoms with Gasteiger partial charge in [0.05, 0.1) is 24.4 Å². The van der Waals surface area contributed by atoms with Crippen LogP contribution in [0.4, 0.5) is 0 Å².